The van der Waals surface area contributed by atoms with E-state index < -0.39 is 0 Å². The lowest BCUT2D eigenvalue weighted by Crippen LogP contribution is -1.94. The third-order valence-corrected chi connectivity index (χ3v) is 3.18. The van der Waals surface area contributed by atoms with E-state index in [1.807, 2.05) is 22.9 Å². The van der Waals surface area contributed by atoms with Crippen molar-refractivity contribution in [2.24, 2.45) is 0 Å². The van der Waals surface area contributed by atoms with Crippen molar-refractivity contribution in [3.05, 3.63) is 39.8 Å². The van der Waals surface area contributed by atoms with E-state index in [1.165, 1.54) is 0 Å². The fourth-order valence-electron chi connectivity index (χ4n) is 1.13. The predicted molar refractivity (Wildman–Crippen MR) is 63.4 cm³/mol. The molecule has 1 aromatic carbocycles. The first-order chi connectivity index (χ1) is 6.68. The Morgan fingerprint density at radius 1 is 1.21 bits per heavy atom. The number of nitrogen functional groups attached to an aromatic ring is 1. The Balaban J connectivity index is 2.57. The highest BCUT2D eigenvalue weighted by Crippen LogP contribution is 2.30. The van der Waals surface area contributed by atoms with Gasteiger partial charge in [-0.15, -0.1) is 0 Å². The van der Waals surface area contributed by atoms with E-state index in [4.69, 9.17) is 5.73 Å². The predicted octanol–water partition coefficient (Wildman–Crippen LogP) is 2.98. The summed E-state index contributed by atoms with van der Waals surface area (Å²) in [6.07, 6.45) is 5.35. The second-order valence-corrected chi connectivity index (χ2v) is 4.50. The van der Waals surface area contributed by atoms with Crippen LogP contribution in [0.15, 0.2) is 39.8 Å². The Labute approximate surface area is 98.2 Å². The van der Waals surface area contributed by atoms with Crippen molar-refractivity contribution in [3.63, 3.8) is 0 Å². The lowest BCUT2D eigenvalue weighted by Gasteiger charge is -2.06. The van der Waals surface area contributed by atoms with Gasteiger partial charge in [0.2, 0.25) is 0 Å². The largest absolute Gasteiger partial charge is 0.397 e. The van der Waals surface area contributed by atoms with Crippen molar-refractivity contribution in [1.29, 1.82) is 0 Å². The van der Waals surface area contributed by atoms with Crippen molar-refractivity contribution in [3.8, 4) is 5.69 Å². The molecule has 3 nitrogen and oxygen atoms in total. The highest BCUT2D eigenvalue weighted by molar-refractivity contribution is 9.11. The van der Waals surface area contributed by atoms with Crippen molar-refractivity contribution in [2.45, 2.75) is 0 Å². The molecule has 0 radical (unpaired) electrons. The molecule has 72 valence electrons. The molecule has 14 heavy (non-hydrogen) atoms. The summed E-state index contributed by atoms with van der Waals surface area (Å²) >= 11 is 6.79. The number of aromatic nitrogens is 2. The summed E-state index contributed by atoms with van der Waals surface area (Å²) < 4.78 is 3.65. The third kappa shape index (κ3) is 1.69. The van der Waals surface area contributed by atoms with Crippen molar-refractivity contribution in [2.75, 3.05) is 5.73 Å². The SMILES string of the molecule is Nc1c(Br)cc(-n2ccnc2)cc1Br. The number of imidazole rings is 1. The van der Waals surface area contributed by atoms with Crippen LogP contribution in [0.1, 0.15) is 0 Å². The number of benzene rings is 1. The minimum atomic E-state index is 0.703. The molecule has 2 aromatic rings. The van der Waals surface area contributed by atoms with Crippen LogP contribution in [0.2, 0.25) is 0 Å². The van der Waals surface area contributed by atoms with Crippen LogP contribution in [0.3, 0.4) is 0 Å². The van der Waals surface area contributed by atoms with Crippen molar-refractivity contribution in [1.82, 2.24) is 9.55 Å². The number of nitrogens with zero attached hydrogens (tertiary/aromatic N) is 2. The number of hydrogen-bond acceptors (Lipinski definition) is 2. The molecule has 0 saturated heterocycles. The maximum absolute atomic E-state index is 5.79. The lowest BCUT2D eigenvalue weighted by atomic mass is 10.3. The molecule has 0 unspecified atom stereocenters. The van der Waals surface area contributed by atoms with Gasteiger partial charge in [-0.05, 0) is 44.0 Å². The number of hydrogen-bond donors (Lipinski definition) is 1. The first-order valence-electron chi connectivity index (χ1n) is 3.91. The van der Waals surface area contributed by atoms with E-state index in [0.717, 1.165) is 14.6 Å². The Morgan fingerprint density at radius 2 is 1.86 bits per heavy atom. The quantitative estimate of drug-likeness (QED) is 0.822. The van der Waals surface area contributed by atoms with Gasteiger partial charge in [0.05, 0.1) is 12.0 Å². The van der Waals surface area contributed by atoms with Gasteiger partial charge in [-0.3, -0.25) is 0 Å². The topological polar surface area (TPSA) is 43.8 Å². The summed E-state index contributed by atoms with van der Waals surface area (Å²) in [6, 6.07) is 3.89. The smallest absolute Gasteiger partial charge is 0.0991 e. The van der Waals surface area contributed by atoms with E-state index in [2.05, 4.69) is 36.8 Å². The molecule has 2 rings (SSSR count). The second-order valence-electron chi connectivity index (χ2n) is 2.79. The molecule has 1 heterocycles. The normalized spacial score (nSPS) is 10.4. The fourth-order valence-corrected chi connectivity index (χ4v) is 2.29. The van der Waals surface area contributed by atoms with Gasteiger partial charge in [0.15, 0.2) is 0 Å². The maximum Gasteiger partial charge on any atom is 0.0991 e. The first kappa shape index (κ1) is 9.73. The molecule has 0 aliphatic carbocycles. The zero-order valence-corrected chi connectivity index (χ0v) is 10.3. The van der Waals surface area contributed by atoms with Gasteiger partial charge in [0.25, 0.3) is 0 Å². The molecular weight excluding hydrogens is 310 g/mol. The Bertz CT molecular complexity index is 428. The Kier molecular flexibility index (Phi) is 2.60. The molecule has 0 saturated carbocycles. The van der Waals surface area contributed by atoms with Gasteiger partial charge < -0.3 is 10.3 Å². The maximum atomic E-state index is 5.79. The number of halogens is 2. The summed E-state index contributed by atoms with van der Waals surface area (Å²) in [5.74, 6) is 0. The molecule has 1 aromatic heterocycles. The van der Waals surface area contributed by atoms with E-state index in [0.29, 0.717) is 5.69 Å². The van der Waals surface area contributed by atoms with Crippen LogP contribution in [0.25, 0.3) is 5.69 Å². The van der Waals surface area contributed by atoms with Crippen LogP contribution < -0.4 is 5.73 Å². The molecule has 5 heteroatoms. The van der Waals surface area contributed by atoms with Crippen LogP contribution in [0.4, 0.5) is 5.69 Å². The molecule has 0 bridgehead atoms. The molecule has 0 spiro atoms. The summed E-state index contributed by atoms with van der Waals surface area (Å²) in [5, 5.41) is 0. The van der Waals surface area contributed by atoms with Gasteiger partial charge >= 0.3 is 0 Å². The molecule has 0 amide bonds. The average molecular weight is 317 g/mol. The minimum absolute atomic E-state index is 0.703. The Hall–Kier alpha value is -0.810. The molecular formula is C9H7Br2N3. The van der Waals surface area contributed by atoms with Crippen LogP contribution in [-0.2, 0) is 0 Å². The summed E-state index contributed by atoms with van der Waals surface area (Å²) in [7, 11) is 0. The van der Waals surface area contributed by atoms with Gasteiger partial charge in [-0.2, -0.15) is 0 Å². The van der Waals surface area contributed by atoms with Crippen LogP contribution >= 0.6 is 31.9 Å². The minimum Gasteiger partial charge on any atom is -0.397 e. The number of anilines is 1. The highest BCUT2D eigenvalue weighted by atomic mass is 79.9. The van der Waals surface area contributed by atoms with Crippen LogP contribution in [-0.4, -0.2) is 9.55 Å². The molecule has 0 atom stereocenters. The van der Waals surface area contributed by atoms with Gasteiger partial charge in [-0.25, -0.2) is 4.98 Å². The van der Waals surface area contributed by atoms with Crippen molar-refractivity contribution >= 4 is 37.5 Å². The molecule has 0 aliphatic rings. The second kappa shape index (κ2) is 3.74. The van der Waals surface area contributed by atoms with Gasteiger partial charge in [-0.1, -0.05) is 0 Å². The van der Waals surface area contributed by atoms with E-state index in [9.17, 15) is 0 Å². The molecule has 2 N–H and O–H groups in total. The zero-order valence-electron chi connectivity index (χ0n) is 7.11. The monoisotopic (exact) mass is 315 g/mol. The summed E-state index contributed by atoms with van der Waals surface area (Å²) in [5.41, 5.74) is 7.50. The summed E-state index contributed by atoms with van der Waals surface area (Å²) in [6.45, 7) is 0. The first-order valence-corrected chi connectivity index (χ1v) is 5.50. The van der Waals surface area contributed by atoms with Gasteiger partial charge in [0, 0.05) is 27.0 Å². The standard InChI is InChI=1S/C9H7Br2N3/c10-7-3-6(4-8(11)9(7)12)14-2-1-13-5-14/h1-5H,12H2. The van der Waals surface area contributed by atoms with Crippen LogP contribution in [0, 0.1) is 0 Å². The molecule has 0 aliphatic heterocycles. The molecule has 0 fully saturated rings. The van der Waals surface area contributed by atoms with Gasteiger partial charge in [0.1, 0.15) is 0 Å². The van der Waals surface area contributed by atoms with Crippen molar-refractivity contribution < 1.29 is 0 Å². The average Bonchev–Trinajstić information content (AvgIpc) is 2.66. The highest BCUT2D eigenvalue weighted by Gasteiger charge is 2.04. The van der Waals surface area contributed by atoms with E-state index >= 15 is 0 Å². The number of nitrogens with two attached hydrogens (primary N) is 1. The fraction of sp³-hybridized carbons (Fsp3) is 0. The number of rotatable bonds is 1. The lowest BCUT2D eigenvalue weighted by molar-refractivity contribution is 1.05. The summed E-state index contributed by atoms with van der Waals surface area (Å²) in [4.78, 5) is 3.98. The van der Waals surface area contributed by atoms with Crippen LogP contribution in [0.5, 0.6) is 0 Å². The van der Waals surface area contributed by atoms with E-state index in [1.54, 1.807) is 12.5 Å². The third-order valence-electron chi connectivity index (χ3n) is 1.87. The Morgan fingerprint density at radius 3 is 2.36 bits per heavy atom. The zero-order chi connectivity index (χ0) is 10.1. The van der Waals surface area contributed by atoms with E-state index in [-0.39, 0.29) is 0 Å².